The van der Waals surface area contributed by atoms with Crippen molar-refractivity contribution in [1.29, 1.82) is 0 Å². The van der Waals surface area contributed by atoms with E-state index in [1.807, 2.05) is 49.6 Å². The number of carbonyl (C=O) groups excluding carboxylic acids is 1. The number of piperazine rings is 1. The van der Waals surface area contributed by atoms with Crippen LogP contribution in [0.2, 0.25) is 0 Å². The van der Waals surface area contributed by atoms with Crippen LogP contribution in [0.4, 0.5) is 31.1 Å². The van der Waals surface area contributed by atoms with Crippen LogP contribution in [-0.2, 0) is 11.3 Å². The molecule has 0 bridgehead atoms. The normalized spacial score (nSPS) is 17.0. The Kier molecular flexibility index (Phi) is 12.2. The van der Waals surface area contributed by atoms with Gasteiger partial charge < -0.3 is 34.6 Å². The fourth-order valence-corrected chi connectivity index (χ4v) is 6.11. The van der Waals surface area contributed by atoms with Gasteiger partial charge in [0.15, 0.2) is 0 Å². The van der Waals surface area contributed by atoms with Crippen LogP contribution in [0.1, 0.15) is 49.3 Å². The Morgan fingerprint density at radius 1 is 0.923 bits per heavy atom. The topological polar surface area (TPSA) is 128 Å². The molecule has 2 aliphatic rings. The maximum absolute atomic E-state index is 13.2. The van der Waals surface area contributed by atoms with Crippen LogP contribution >= 0.6 is 0 Å². The van der Waals surface area contributed by atoms with Gasteiger partial charge >= 0.3 is 24.6 Å². The van der Waals surface area contributed by atoms with Crippen molar-refractivity contribution in [3.63, 3.8) is 0 Å². The number of carbonyl (C=O) groups is 3. The quantitative estimate of drug-likeness (QED) is 0.222. The summed E-state index contributed by atoms with van der Waals surface area (Å²) in [6, 6.07) is 15.2. The SMILES string of the molecule is CN1CCN(Cc2ccc(-c3c(-c4cccc(OC(F)(F)F)c4)cc4n3[C@@H](CCN(C(=O)O)C(C)(C)C)CNC4=O)cc2)CC1.O=C(O)C(F)(F)F. The first-order valence-electron chi connectivity index (χ1n) is 16.3. The third-order valence-electron chi connectivity index (χ3n) is 8.71. The maximum atomic E-state index is 13.2. The van der Waals surface area contributed by atoms with E-state index < -0.39 is 30.1 Å². The molecular formula is C35H41F6N5O6. The number of rotatable bonds is 8. The van der Waals surface area contributed by atoms with E-state index in [-0.39, 0.29) is 30.8 Å². The molecule has 0 radical (unpaired) electrons. The van der Waals surface area contributed by atoms with Gasteiger partial charge in [-0.05, 0) is 69.1 Å². The highest BCUT2D eigenvalue weighted by Crippen LogP contribution is 2.41. The molecule has 3 N–H and O–H groups in total. The molecule has 284 valence electrons. The lowest BCUT2D eigenvalue weighted by molar-refractivity contribution is -0.274. The highest BCUT2D eigenvalue weighted by atomic mass is 19.4. The molecule has 1 atom stereocenters. The fraction of sp³-hybridized carbons (Fsp3) is 0.457. The smallest absolute Gasteiger partial charge is 0.475 e. The van der Waals surface area contributed by atoms with E-state index in [4.69, 9.17) is 9.90 Å². The summed E-state index contributed by atoms with van der Waals surface area (Å²) in [5.41, 5.74) is 3.38. The van der Waals surface area contributed by atoms with Crippen LogP contribution in [0.3, 0.4) is 0 Å². The molecule has 0 unspecified atom stereocenters. The summed E-state index contributed by atoms with van der Waals surface area (Å²) in [6.45, 7) is 10.8. The molecule has 1 aromatic heterocycles. The summed E-state index contributed by atoms with van der Waals surface area (Å²) in [5.74, 6) is -3.42. The van der Waals surface area contributed by atoms with Crippen LogP contribution in [0.25, 0.3) is 22.4 Å². The summed E-state index contributed by atoms with van der Waals surface area (Å²) in [7, 11) is 2.11. The molecule has 3 aromatic rings. The number of nitrogens with zero attached hydrogens (tertiary/aromatic N) is 4. The Morgan fingerprint density at radius 3 is 2.08 bits per heavy atom. The number of likely N-dealkylation sites (N-methyl/N-ethyl adjacent to an activating group) is 1. The number of halogens is 6. The summed E-state index contributed by atoms with van der Waals surface area (Å²) >= 11 is 0. The first kappa shape index (κ1) is 40.0. The van der Waals surface area contributed by atoms with Gasteiger partial charge in [-0.15, -0.1) is 13.2 Å². The first-order chi connectivity index (χ1) is 24.1. The maximum Gasteiger partial charge on any atom is 0.573 e. The number of amides is 2. The second-order valence-corrected chi connectivity index (χ2v) is 13.6. The number of aromatic nitrogens is 1. The molecule has 0 saturated carbocycles. The van der Waals surface area contributed by atoms with Gasteiger partial charge in [-0.3, -0.25) is 9.69 Å². The van der Waals surface area contributed by atoms with Crippen LogP contribution in [-0.4, -0.2) is 112 Å². The number of benzene rings is 2. The minimum absolute atomic E-state index is 0.227. The zero-order valence-corrected chi connectivity index (χ0v) is 29.0. The molecule has 1 fully saturated rings. The van der Waals surface area contributed by atoms with Crippen LogP contribution in [0.15, 0.2) is 54.6 Å². The van der Waals surface area contributed by atoms with Gasteiger partial charge in [0.25, 0.3) is 5.91 Å². The second-order valence-electron chi connectivity index (χ2n) is 13.6. The predicted octanol–water partition coefficient (Wildman–Crippen LogP) is 6.55. The van der Waals surface area contributed by atoms with Crippen molar-refractivity contribution in [3.05, 3.63) is 65.9 Å². The summed E-state index contributed by atoms with van der Waals surface area (Å²) in [6.07, 6.45) is -10.6. The van der Waals surface area contributed by atoms with Crippen LogP contribution in [0.5, 0.6) is 5.75 Å². The van der Waals surface area contributed by atoms with Crippen molar-refractivity contribution in [1.82, 2.24) is 24.6 Å². The molecular weight excluding hydrogens is 700 g/mol. The second kappa shape index (κ2) is 15.9. The number of carboxylic acid groups (broad SMARTS) is 2. The first-order valence-corrected chi connectivity index (χ1v) is 16.3. The van der Waals surface area contributed by atoms with E-state index in [9.17, 15) is 41.0 Å². The fourth-order valence-electron chi connectivity index (χ4n) is 6.11. The molecule has 2 aliphatic heterocycles. The van der Waals surface area contributed by atoms with Crippen molar-refractivity contribution in [3.8, 4) is 28.1 Å². The third-order valence-corrected chi connectivity index (χ3v) is 8.71. The average Bonchev–Trinajstić information content (AvgIpc) is 3.44. The number of hydrogen-bond donors (Lipinski definition) is 3. The molecule has 11 nitrogen and oxygen atoms in total. The number of alkyl halides is 6. The molecule has 1 saturated heterocycles. The molecule has 2 amide bonds. The van der Waals surface area contributed by atoms with Gasteiger partial charge in [0.1, 0.15) is 11.4 Å². The molecule has 0 aliphatic carbocycles. The highest BCUT2D eigenvalue weighted by Gasteiger charge is 2.38. The average molecular weight is 742 g/mol. The lowest BCUT2D eigenvalue weighted by Gasteiger charge is -2.36. The van der Waals surface area contributed by atoms with E-state index in [1.54, 1.807) is 12.1 Å². The Hall–Kier alpha value is -4.77. The number of aliphatic carboxylic acids is 1. The van der Waals surface area contributed by atoms with Gasteiger partial charge in [-0.25, -0.2) is 9.59 Å². The molecule has 17 heteroatoms. The number of fused-ring (bicyclic) bond motifs is 1. The minimum atomic E-state index is -5.08. The molecule has 0 spiro atoms. The van der Waals surface area contributed by atoms with Crippen molar-refractivity contribution < 1.29 is 55.7 Å². The number of ether oxygens (including phenoxy) is 1. The van der Waals surface area contributed by atoms with E-state index in [0.717, 1.165) is 43.9 Å². The van der Waals surface area contributed by atoms with E-state index in [1.165, 1.54) is 23.1 Å². The summed E-state index contributed by atoms with van der Waals surface area (Å²) < 4.78 is 77.1. The van der Waals surface area contributed by atoms with Gasteiger partial charge in [0.2, 0.25) is 0 Å². The lowest BCUT2D eigenvalue weighted by atomic mass is 9.99. The van der Waals surface area contributed by atoms with Crippen molar-refractivity contribution in [2.45, 2.75) is 57.9 Å². The van der Waals surface area contributed by atoms with E-state index >= 15 is 0 Å². The predicted molar refractivity (Wildman–Crippen MR) is 179 cm³/mol. The monoisotopic (exact) mass is 741 g/mol. The zero-order valence-electron chi connectivity index (χ0n) is 29.0. The Labute approximate surface area is 296 Å². The van der Waals surface area contributed by atoms with Gasteiger partial charge in [0.05, 0.1) is 11.7 Å². The van der Waals surface area contributed by atoms with Crippen LogP contribution in [0, 0.1) is 0 Å². The molecule has 52 heavy (non-hydrogen) atoms. The molecule has 2 aromatic carbocycles. The largest absolute Gasteiger partial charge is 0.573 e. The van der Waals surface area contributed by atoms with Gasteiger partial charge in [-0.1, -0.05) is 36.4 Å². The number of hydrogen-bond acceptors (Lipinski definition) is 6. The minimum Gasteiger partial charge on any atom is -0.475 e. The molecule has 5 rings (SSSR count). The van der Waals surface area contributed by atoms with Gasteiger partial charge in [0, 0.05) is 56.9 Å². The van der Waals surface area contributed by atoms with E-state index in [2.05, 4.69) is 26.9 Å². The van der Waals surface area contributed by atoms with Crippen molar-refractivity contribution >= 4 is 18.0 Å². The van der Waals surface area contributed by atoms with E-state index in [0.29, 0.717) is 28.9 Å². The number of nitrogens with one attached hydrogen (secondary N) is 1. The molecule has 3 heterocycles. The standard InChI is InChI=1S/C33H40F3N5O4.C2HF3O2/c1-32(2,3)40(31(43)44)13-12-25-20-37-30(42)28-19-27(24-6-5-7-26(18-24)45-33(34,35)36)29(41(25)28)23-10-8-22(9-11-23)21-39-16-14-38(4)15-17-39;3-2(4,5)1(6)7/h5-11,18-19,25H,12-17,20-21H2,1-4H3,(H,37,42)(H,43,44);(H,6,7)/t25-;/m0./s1. The Balaban J connectivity index is 0.000000785. The highest BCUT2D eigenvalue weighted by molar-refractivity contribution is 5.98. The zero-order chi connectivity index (χ0) is 38.6. The van der Waals surface area contributed by atoms with Crippen molar-refractivity contribution in [2.24, 2.45) is 0 Å². The third kappa shape index (κ3) is 10.4. The Morgan fingerprint density at radius 2 is 1.54 bits per heavy atom. The summed E-state index contributed by atoms with van der Waals surface area (Å²) in [4.78, 5) is 40.2. The van der Waals surface area contributed by atoms with Gasteiger partial charge in [-0.2, -0.15) is 13.2 Å². The number of carboxylic acids is 1. The Bertz CT molecular complexity index is 1730. The summed E-state index contributed by atoms with van der Waals surface area (Å²) in [5, 5.41) is 19.9. The van der Waals surface area contributed by atoms with Crippen molar-refractivity contribution in [2.75, 3.05) is 46.3 Å². The lowest BCUT2D eigenvalue weighted by Crippen LogP contribution is -2.47. The van der Waals surface area contributed by atoms with Crippen LogP contribution < -0.4 is 10.1 Å².